The van der Waals surface area contributed by atoms with Crippen LogP contribution in [0, 0.1) is 5.82 Å². The fourth-order valence-corrected chi connectivity index (χ4v) is 2.18. The Hall–Kier alpha value is -1.68. The molecule has 19 heavy (non-hydrogen) atoms. The van der Waals surface area contributed by atoms with Gasteiger partial charge < -0.3 is 4.90 Å². The second kappa shape index (κ2) is 5.97. The van der Waals surface area contributed by atoms with Crippen LogP contribution in [0.3, 0.4) is 0 Å². The summed E-state index contributed by atoms with van der Waals surface area (Å²) in [6.07, 6.45) is 0. The molecule has 0 spiro atoms. The van der Waals surface area contributed by atoms with Crippen LogP contribution >= 0.6 is 15.9 Å². The third kappa shape index (κ3) is 3.41. The van der Waals surface area contributed by atoms with E-state index in [2.05, 4.69) is 15.9 Å². The van der Waals surface area contributed by atoms with Gasteiger partial charge in [0.05, 0.1) is 0 Å². The van der Waals surface area contributed by atoms with Gasteiger partial charge >= 0.3 is 0 Å². The summed E-state index contributed by atoms with van der Waals surface area (Å²) in [5.41, 5.74) is 1.51. The van der Waals surface area contributed by atoms with E-state index in [0.29, 0.717) is 12.1 Å². The smallest absolute Gasteiger partial charge is 0.253 e. The van der Waals surface area contributed by atoms with Crippen molar-refractivity contribution in [1.29, 1.82) is 0 Å². The van der Waals surface area contributed by atoms with Crippen molar-refractivity contribution in [2.45, 2.75) is 6.54 Å². The van der Waals surface area contributed by atoms with Gasteiger partial charge in [-0.2, -0.15) is 0 Å². The van der Waals surface area contributed by atoms with E-state index in [0.717, 1.165) is 10.0 Å². The molecule has 0 radical (unpaired) electrons. The molecule has 0 heterocycles. The molecule has 2 aromatic carbocycles. The van der Waals surface area contributed by atoms with Crippen LogP contribution in [0.4, 0.5) is 4.39 Å². The molecular formula is C15H13BrFNO. The molecule has 0 N–H and O–H groups in total. The lowest BCUT2D eigenvalue weighted by Gasteiger charge is -2.18. The van der Waals surface area contributed by atoms with Crippen LogP contribution in [0.1, 0.15) is 15.9 Å². The molecule has 2 nitrogen and oxygen atoms in total. The van der Waals surface area contributed by atoms with E-state index in [1.807, 2.05) is 24.3 Å². The van der Waals surface area contributed by atoms with E-state index < -0.39 is 0 Å². The summed E-state index contributed by atoms with van der Waals surface area (Å²) in [6, 6.07) is 13.3. The van der Waals surface area contributed by atoms with E-state index >= 15 is 0 Å². The molecule has 0 aliphatic carbocycles. The minimum atomic E-state index is -0.343. The van der Waals surface area contributed by atoms with E-state index in [4.69, 9.17) is 0 Å². The molecule has 0 bridgehead atoms. The monoisotopic (exact) mass is 321 g/mol. The second-order valence-corrected chi connectivity index (χ2v) is 5.11. The van der Waals surface area contributed by atoms with E-state index in [9.17, 15) is 9.18 Å². The first-order valence-electron chi connectivity index (χ1n) is 5.82. The first-order chi connectivity index (χ1) is 9.08. The van der Waals surface area contributed by atoms with Crippen molar-refractivity contribution in [3.8, 4) is 0 Å². The second-order valence-electron chi connectivity index (χ2n) is 4.26. The first kappa shape index (κ1) is 13.7. The van der Waals surface area contributed by atoms with Crippen LogP contribution in [-0.2, 0) is 6.54 Å². The summed E-state index contributed by atoms with van der Waals surface area (Å²) in [6.45, 7) is 0.498. The molecule has 0 unspecified atom stereocenters. The number of carbonyl (C=O) groups is 1. The number of halogens is 2. The molecule has 0 fully saturated rings. The highest BCUT2D eigenvalue weighted by Gasteiger charge is 2.12. The van der Waals surface area contributed by atoms with Gasteiger partial charge in [0.25, 0.3) is 5.91 Å². The largest absolute Gasteiger partial charge is 0.337 e. The van der Waals surface area contributed by atoms with Crippen LogP contribution in [0.15, 0.2) is 53.0 Å². The van der Waals surface area contributed by atoms with Crippen molar-refractivity contribution < 1.29 is 9.18 Å². The Morgan fingerprint density at radius 3 is 2.42 bits per heavy atom. The Balaban J connectivity index is 2.12. The van der Waals surface area contributed by atoms with Gasteiger partial charge in [-0.05, 0) is 35.9 Å². The summed E-state index contributed by atoms with van der Waals surface area (Å²) < 4.78 is 13.8. The van der Waals surface area contributed by atoms with Gasteiger partial charge in [0.1, 0.15) is 5.82 Å². The maximum absolute atomic E-state index is 12.8. The van der Waals surface area contributed by atoms with Crippen LogP contribution in [0.2, 0.25) is 0 Å². The van der Waals surface area contributed by atoms with Crippen molar-refractivity contribution in [2.24, 2.45) is 0 Å². The van der Waals surface area contributed by atoms with Crippen molar-refractivity contribution >= 4 is 21.8 Å². The molecule has 0 saturated heterocycles. The quantitative estimate of drug-likeness (QED) is 0.840. The molecule has 2 aromatic rings. The summed E-state index contributed by atoms with van der Waals surface area (Å²) in [7, 11) is 1.73. The minimum Gasteiger partial charge on any atom is -0.337 e. The van der Waals surface area contributed by atoms with Crippen LogP contribution in [-0.4, -0.2) is 17.9 Å². The number of rotatable bonds is 3. The SMILES string of the molecule is CN(Cc1ccccc1Br)C(=O)c1ccc(F)cc1. The van der Waals surface area contributed by atoms with Crippen molar-refractivity contribution in [3.63, 3.8) is 0 Å². The van der Waals surface area contributed by atoms with Gasteiger partial charge in [0.2, 0.25) is 0 Å². The number of nitrogens with zero attached hydrogens (tertiary/aromatic N) is 1. The fourth-order valence-electron chi connectivity index (χ4n) is 1.77. The molecule has 1 amide bonds. The first-order valence-corrected chi connectivity index (χ1v) is 6.61. The molecule has 0 aromatic heterocycles. The summed E-state index contributed by atoms with van der Waals surface area (Å²) in [4.78, 5) is 13.8. The number of carbonyl (C=O) groups excluding carboxylic acids is 1. The Morgan fingerprint density at radius 1 is 1.16 bits per heavy atom. The Labute approximate surface area is 120 Å². The highest BCUT2D eigenvalue weighted by atomic mass is 79.9. The van der Waals surface area contributed by atoms with Crippen molar-refractivity contribution in [3.05, 3.63) is 69.9 Å². The Morgan fingerprint density at radius 2 is 1.79 bits per heavy atom. The lowest BCUT2D eigenvalue weighted by Crippen LogP contribution is -2.26. The summed E-state index contributed by atoms with van der Waals surface area (Å²) >= 11 is 3.45. The zero-order valence-electron chi connectivity index (χ0n) is 10.4. The van der Waals surface area contributed by atoms with Crippen LogP contribution in [0.25, 0.3) is 0 Å². The standard InChI is InChI=1S/C15H13BrFNO/c1-18(10-12-4-2-3-5-14(12)16)15(19)11-6-8-13(17)9-7-11/h2-9H,10H2,1H3. The molecular weight excluding hydrogens is 309 g/mol. The highest BCUT2D eigenvalue weighted by molar-refractivity contribution is 9.10. The fraction of sp³-hybridized carbons (Fsp3) is 0.133. The number of hydrogen-bond donors (Lipinski definition) is 0. The van der Waals surface area contributed by atoms with E-state index in [-0.39, 0.29) is 11.7 Å². The number of hydrogen-bond acceptors (Lipinski definition) is 1. The number of benzene rings is 2. The predicted octanol–water partition coefficient (Wildman–Crippen LogP) is 3.86. The number of amides is 1. The van der Waals surface area contributed by atoms with Gasteiger partial charge in [-0.3, -0.25) is 4.79 Å². The molecule has 4 heteroatoms. The average Bonchev–Trinajstić information content (AvgIpc) is 2.41. The minimum absolute atomic E-state index is 0.129. The third-order valence-corrected chi connectivity index (χ3v) is 3.58. The van der Waals surface area contributed by atoms with Gasteiger partial charge in [-0.15, -0.1) is 0 Å². The summed E-state index contributed by atoms with van der Waals surface area (Å²) in [5.74, 6) is -0.472. The Bertz CT molecular complexity index is 583. The van der Waals surface area contributed by atoms with Gasteiger partial charge in [-0.1, -0.05) is 34.1 Å². The molecule has 98 valence electrons. The van der Waals surface area contributed by atoms with Gasteiger partial charge in [-0.25, -0.2) is 4.39 Å². The molecule has 0 saturated carbocycles. The molecule has 0 aliphatic rings. The lowest BCUT2D eigenvalue weighted by atomic mass is 10.1. The maximum Gasteiger partial charge on any atom is 0.253 e. The van der Waals surface area contributed by atoms with Crippen LogP contribution in [0.5, 0.6) is 0 Å². The lowest BCUT2D eigenvalue weighted by molar-refractivity contribution is 0.0785. The van der Waals surface area contributed by atoms with Gasteiger partial charge in [0.15, 0.2) is 0 Å². The Kier molecular flexibility index (Phi) is 4.32. The zero-order chi connectivity index (χ0) is 13.8. The van der Waals surface area contributed by atoms with E-state index in [1.54, 1.807) is 11.9 Å². The highest BCUT2D eigenvalue weighted by Crippen LogP contribution is 2.18. The van der Waals surface area contributed by atoms with Crippen LogP contribution < -0.4 is 0 Å². The normalized spacial score (nSPS) is 10.3. The third-order valence-electron chi connectivity index (χ3n) is 2.80. The van der Waals surface area contributed by atoms with E-state index in [1.165, 1.54) is 24.3 Å². The maximum atomic E-state index is 12.8. The van der Waals surface area contributed by atoms with Crippen molar-refractivity contribution in [2.75, 3.05) is 7.05 Å². The topological polar surface area (TPSA) is 20.3 Å². The predicted molar refractivity (Wildman–Crippen MR) is 76.3 cm³/mol. The average molecular weight is 322 g/mol. The van der Waals surface area contributed by atoms with Crippen molar-refractivity contribution in [1.82, 2.24) is 4.90 Å². The molecule has 0 atom stereocenters. The molecule has 0 aliphatic heterocycles. The zero-order valence-corrected chi connectivity index (χ0v) is 12.0. The van der Waals surface area contributed by atoms with Gasteiger partial charge in [0, 0.05) is 23.6 Å². The molecule has 2 rings (SSSR count). The summed E-state index contributed by atoms with van der Waals surface area (Å²) in [5, 5.41) is 0.